The standard InChI is InChI=1S/C16H18F2N2O2/c17-13-3-1-2-10(14(13)18)11-8-12(11)16(22)20-6-4-9(5-7-20)15(19)21/h1-3,9,11-12H,4-8H2,(H2,19,21). The number of carbonyl (C=O) groups excluding carboxylic acids is 2. The third kappa shape index (κ3) is 2.69. The summed E-state index contributed by atoms with van der Waals surface area (Å²) in [7, 11) is 0. The van der Waals surface area contributed by atoms with Crippen LogP contribution in [0.2, 0.25) is 0 Å². The largest absolute Gasteiger partial charge is 0.369 e. The highest BCUT2D eigenvalue weighted by molar-refractivity contribution is 5.83. The molecule has 2 amide bonds. The number of carbonyl (C=O) groups is 2. The Bertz CT molecular complexity index is 612. The number of nitrogens with two attached hydrogens (primary N) is 1. The second kappa shape index (κ2) is 5.66. The fourth-order valence-electron chi connectivity index (χ4n) is 3.24. The van der Waals surface area contributed by atoms with Crippen LogP contribution < -0.4 is 5.73 Å². The van der Waals surface area contributed by atoms with Crippen LogP contribution in [0, 0.1) is 23.5 Å². The minimum Gasteiger partial charge on any atom is -0.369 e. The highest BCUT2D eigenvalue weighted by atomic mass is 19.2. The van der Waals surface area contributed by atoms with Crippen LogP contribution in [0.1, 0.15) is 30.7 Å². The zero-order valence-corrected chi connectivity index (χ0v) is 12.1. The summed E-state index contributed by atoms with van der Waals surface area (Å²) >= 11 is 0. The number of piperidine rings is 1. The molecule has 1 saturated carbocycles. The molecule has 0 spiro atoms. The summed E-state index contributed by atoms with van der Waals surface area (Å²) in [5.74, 6) is -2.76. The summed E-state index contributed by atoms with van der Waals surface area (Å²) in [5, 5.41) is 0. The maximum Gasteiger partial charge on any atom is 0.226 e. The van der Waals surface area contributed by atoms with E-state index in [4.69, 9.17) is 5.73 Å². The zero-order chi connectivity index (χ0) is 15.9. The fraction of sp³-hybridized carbons (Fsp3) is 0.500. The summed E-state index contributed by atoms with van der Waals surface area (Å²) in [6.45, 7) is 1.00. The molecule has 118 valence electrons. The van der Waals surface area contributed by atoms with Crippen molar-refractivity contribution in [1.82, 2.24) is 4.90 Å². The summed E-state index contributed by atoms with van der Waals surface area (Å²) in [6.07, 6.45) is 1.70. The van der Waals surface area contributed by atoms with E-state index < -0.39 is 11.6 Å². The van der Waals surface area contributed by atoms with Gasteiger partial charge in [0.05, 0.1) is 0 Å². The Morgan fingerprint density at radius 2 is 1.86 bits per heavy atom. The predicted molar refractivity (Wildman–Crippen MR) is 75.7 cm³/mol. The maximum absolute atomic E-state index is 13.8. The Hall–Kier alpha value is -1.98. The Balaban J connectivity index is 1.62. The molecule has 2 fully saturated rings. The Morgan fingerprint density at radius 1 is 1.18 bits per heavy atom. The lowest BCUT2D eigenvalue weighted by Crippen LogP contribution is -2.42. The highest BCUT2D eigenvalue weighted by Crippen LogP contribution is 2.49. The lowest BCUT2D eigenvalue weighted by Gasteiger charge is -2.30. The van der Waals surface area contributed by atoms with Crippen LogP contribution in [-0.4, -0.2) is 29.8 Å². The van der Waals surface area contributed by atoms with Crippen LogP contribution in [-0.2, 0) is 9.59 Å². The van der Waals surface area contributed by atoms with Crippen molar-refractivity contribution >= 4 is 11.8 Å². The molecule has 2 atom stereocenters. The lowest BCUT2D eigenvalue weighted by molar-refractivity contribution is -0.136. The molecule has 6 heteroatoms. The van der Waals surface area contributed by atoms with Gasteiger partial charge in [-0.05, 0) is 36.8 Å². The molecule has 1 aliphatic heterocycles. The molecule has 0 bridgehead atoms. The molecule has 1 aromatic carbocycles. The van der Waals surface area contributed by atoms with Gasteiger partial charge < -0.3 is 10.6 Å². The quantitative estimate of drug-likeness (QED) is 0.925. The minimum atomic E-state index is -0.877. The third-order valence-corrected chi connectivity index (χ3v) is 4.70. The smallest absolute Gasteiger partial charge is 0.226 e. The summed E-state index contributed by atoms with van der Waals surface area (Å²) < 4.78 is 27.0. The number of nitrogens with zero attached hydrogens (tertiary/aromatic N) is 1. The predicted octanol–water partition coefficient (Wildman–Crippen LogP) is 1.79. The van der Waals surface area contributed by atoms with Crippen LogP contribution in [0.5, 0.6) is 0 Å². The van der Waals surface area contributed by atoms with Crippen molar-refractivity contribution in [1.29, 1.82) is 0 Å². The summed E-state index contributed by atoms with van der Waals surface area (Å²) in [6, 6.07) is 4.08. The number of primary amides is 1. The summed E-state index contributed by atoms with van der Waals surface area (Å²) in [4.78, 5) is 25.2. The van der Waals surface area contributed by atoms with Crippen molar-refractivity contribution < 1.29 is 18.4 Å². The van der Waals surface area contributed by atoms with Gasteiger partial charge in [-0.3, -0.25) is 9.59 Å². The molecule has 0 aromatic heterocycles. The third-order valence-electron chi connectivity index (χ3n) is 4.70. The van der Waals surface area contributed by atoms with Gasteiger partial charge in [-0.1, -0.05) is 12.1 Å². The monoisotopic (exact) mass is 308 g/mol. The first-order valence-electron chi connectivity index (χ1n) is 7.51. The molecule has 1 heterocycles. The van der Waals surface area contributed by atoms with Crippen molar-refractivity contribution in [3.05, 3.63) is 35.4 Å². The molecular formula is C16H18F2N2O2. The number of hydrogen-bond acceptors (Lipinski definition) is 2. The average Bonchev–Trinajstić information content (AvgIpc) is 3.30. The van der Waals surface area contributed by atoms with E-state index in [0.29, 0.717) is 32.4 Å². The van der Waals surface area contributed by atoms with Gasteiger partial charge >= 0.3 is 0 Å². The number of likely N-dealkylation sites (tertiary alicyclic amines) is 1. The molecule has 22 heavy (non-hydrogen) atoms. The SMILES string of the molecule is NC(=O)C1CCN(C(=O)C2CC2c2cccc(F)c2F)CC1. The average molecular weight is 308 g/mol. The number of benzene rings is 1. The van der Waals surface area contributed by atoms with E-state index in [9.17, 15) is 18.4 Å². The number of halogens is 2. The molecule has 1 aromatic rings. The van der Waals surface area contributed by atoms with Crippen LogP contribution in [0.25, 0.3) is 0 Å². The molecule has 2 aliphatic rings. The molecule has 1 saturated heterocycles. The highest BCUT2D eigenvalue weighted by Gasteiger charge is 2.47. The number of amides is 2. The van der Waals surface area contributed by atoms with Crippen LogP contribution in [0.3, 0.4) is 0 Å². The van der Waals surface area contributed by atoms with Gasteiger partial charge in [-0.15, -0.1) is 0 Å². The Morgan fingerprint density at radius 3 is 2.50 bits per heavy atom. The Kier molecular flexibility index (Phi) is 3.85. The first kappa shape index (κ1) is 14.9. The topological polar surface area (TPSA) is 63.4 Å². The van der Waals surface area contributed by atoms with E-state index in [1.54, 1.807) is 4.90 Å². The van der Waals surface area contributed by atoms with E-state index in [1.807, 2.05) is 0 Å². The van der Waals surface area contributed by atoms with Gasteiger partial charge in [-0.25, -0.2) is 8.78 Å². The van der Waals surface area contributed by atoms with E-state index in [1.165, 1.54) is 12.1 Å². The van der Waals surface area contributed by atoms with Gasteiger partial charge in [0.25, 0.3) is 0 Å². The first-order chi connectivity index (χ1) is 10.5. The van der Waals surface area contributed by atoms with Crippen molar-refractivity contribution in [3.8, 4) is 0 Å². The van der Waals surface area contributed by atoms with Gasteiger partial charge in [0.2, 0.25) is 11.8 Å². The van der Waals surface area contributed by atoms with E-state index >= 15 is 0 Å². The molecular weight excluding hydrogens is 290 g/mol. The second-order valence-corrected chi connectivity index (χ2v) is 6.09. The summed E-state index contributed by atoms with van der Waals surface area (Å²) in [5.41, 5.74) is 5.55. The molecule has 1 aliphatic carbocycles. The van der Waals surface area contributed by atoms with Crippen molar-refractivity contribution in [2.75, 3.05) is 13.1 Å². The lowest BCUT2D eigenvalue weighted by atomic mass is 9.96. The van der Waals surface area contributed by atoms with E-state index in [2.05, 4.69) is 0 Å². The zero-order valence-electron chi connectivity index (χ0n) is 12.1. The normalized spacial score (nSPS) is 25.1. The van der Waals surface area contributed by atoms with Gasteiger partial charge in [-0.2, -0.15) is 0 Å². The van der Waals surface area contributed by atoms with E-state index in [0.717, 1.165) is 6.07 Å². The van der Waals surface area contributed by atoms with Gasteiger partial charge in [0.1, 0.15) is 0 Å². The molecule has 4 nitrogen and oxygen atoms in total. The van der Waals surface area contributed by atoms with Crippen LogP contribution in [0.15, 0.2) is 18.2 Å². The first-order valence-corrected chi connectivity index (χ1v) is 7.51. The van der Waals surface area contributed by atoms with Gasteiger partial charge in [0, 0.05) is 24.9 Å². The molecule has 2 unspecified atom stereocenters. The van der Waals surface area contributed by atoms with Crippen LogP contribution >= 0.6 is 0 Å². The van der Waals surface area contributed by atoms with E-state index in [-0.39, 0.29) is 35.1 Å². The molecule has 0 radical (unpaired) electrons. The van der Waals surface area contributed by atoms with Crippen LogP contribution in [0.4, 0.5) is 8.78 Å². The van der Waals surface area contributed by atoms with Gasteiger partial charge in [0.15, 0.2) is 11.6 Å². The fourth-order valence-corrected chi connectivity index (χ4v) is 3.24. The second-order valence-electron chi connectivity index (χ2n) is 6.09. The number of rotatable bonds is 3. The maximum atomic E-state index is 13.8. The van der Waals surface area contributed by atoms with Crippen molar-refractivity contribution in [3.63, 3.8) is 0 Å². The van der Waals surface area contributed by atoms with Crippen molar-refractivity contribution in [2.24, 2.45) is 17.6 Å². The Labute approximate surface area is 127 Å². The number of hydrogen-bond donors (Lipinski definition) is 1. The molecule has 2 N–H and O–H groups in total. The molecule has 3 rings (SSSR count). The minimum absolute atomic E-state index is 0.0309. The van der Waals surface area contributed by atoms with Crippen molar-refractivity contribution in [2.45, 2.75) is 25.2 Å².